The fourth-order valence-corrected chi connectivity index (χ4v) is 2.72. The molecule has 1 aromatic carbocycles. The van der Waals surface area contributed by atoms with Gasteiger partial charge in [0.15, 0.2) is 0 Å². The number of fused-ring (bicyclic) bond motifs is 1. The van der Waals surface area contributed by atoms with Gasteiger partial charge in [0.1, 0.15) is 0 Å². The Morgan fingerprint density at radius 2 is 2.00 bits per heavy atom. The number of rotatable bonds is 9. The molecule has 0 spiro atoms. The third-order valence-electron chi connectivity index (χ3n) is 3.97. The Bertz CT molecular complexity index is 406. The van der Waals surface area contributed by atoms with Crippen molar-refractivity contribution in [2.45, 2.75) is 38.6 Å². The van der Waals surface area contributed by atoms with Crippen LogP contribution in [-0.2, 0) is 22.3 Å². The van der Waals surface area contributed by atoms with E-state index in [1.807, 2.05) is 0 Å². The van der Waals surface area contributed by atoms with E-state index < -0.39 is 0 Å². The lowest BCUT2D eigenvalue weighted by Gasteiger charge is -2.15. The highest BCUT2D eigenvalue weighted by Gasteiger charge is 2.12. The summed E-state index contributed by atoms with van der Waals surface area (Å²) in [6.45, 7) is 5.40. The highest BCUT2D eigenvalue weighted by atomic mass is 16.5. The quantitative estimate of drug-likeness (QED) is 0.704. The molecule has 0 aliphatic heterocycles. The fourth-order valence-electron chi connectivity index (χ4n) is 2.72. The summed E-state index contributed by atoms with van der Waals surface area (Å²) in [6.07, 6.45) is 4.87. The van der Waals surface area contributed by atoms with Gasteiger partial charge in [0.25, 0.3) is 0 Å². The van der Waals surface area contributed by atoms with Crippen LogP contribution in [0.15, 0.2) is 18.2 Å². The highest BCUT2D eigenvalue weighted by molar-refractivity contribution is 5.36. The minimum Gasteiger partial charge on any atom is -0.382 e. The van der Waals surface area contributed by atoms with Gasteiger partial charge in [-0.1, -0.05) is 18.2 Å². The van der Waals surface area contributed by atoms with Crippen LogP contribution in [0.25, 0.3) is 0 Å². The van der Waals surface area contributed by atoms with Crippen LogP contribution in [0.4, 0.5) is 0 Å². The van der Waals surface area contributed by atoms with Gasteiger partial charge in [-0.05, 0) is 55.8 Å². The Labute approximate surface area is 122 Å². The SMILES string of the molecule is COCCOCCCNC(C)c1ccc2c(c1)CCC2. The summed E-state index contributed by atoms with van der Waals surface area (Å²) in [5, 5.41) is 3.57. The molecule has 1 aliphatic carbocycles. The van der Waals surface area contributed by atoms with Gasteiger partial charge >= 0.3 is 0 Å². The molecule has 0 saturated carbocycles. The minimum absolute atomic E-state index is 0.417. The van der Waals surface area contributed by atoms with E-state index in [4.69, 9.17) is 9.47 Å². The Hall–Kier alpha value is -0.900. The molecule has 0 heterocycles. The standard InChI is InChI=1S/C17H27NO2/c1-14(18-9-4-10-20-12-11-19-2)16-8-7-15-5-3-6-17(15)13-16/h7-8,13-14,18H,3-6,9-12H2,1-2H3. The first kappa shape index (κ1) is 15.5. The van der Waals surface area contributed by atoms with E-state index >= 15 is 0 Å². The van der Waals surface area contributed by atoms with Gasteiger partial charge in [0.2, 0.25) is 0 Å². The van der Waals surface area contributed by atoms with Crippen LogP contribution in [-0.4, -0.2) is 33.5 Å². The summed E-state index contributed by atoms with van der Waals surface area (Å²) >= 11 is 0. The fraction of sp³-hybridized carbons (Fsp3) is 0.647. The second-order valence-electron chi connectivity index (χ2n) is 5.52. The predicted molar refractivity (Wildman–Crippen MR) is 82.2 cm³/mol. The Kier molecular flexibility index (Phi) is 6.51. The molecule has 3 heteroatoms. The first-order chi connectivity index (χ1) is 9.81. The molecule has 1 N–H and O–H groups in total. The molecule has 0 bridgehead atoms. The van der Waals surface area contributed by atoms with Crippen molar-refractivity contribution in [2.75, 3.05) is 33.5 Å². The summed E-state index contributed by atoms with van der Waals surface area (Å²) < 4.78 is 10.4. The van der Waals surface area contributed by atoms with Crippen molar-refractivity contribution in [3.63, 3.8) is 0 Å². The Morgan fingerprint density at radius 1 is 1.15 bits per heavy atom. The number of ether oxygens (including phenoxy) is 2. The van der Waals surface area contributed by atoms with Crippen LogP contribution in [0.2, 0.25) is 0 Å². The van der Waals surface area contributed by atoms with Crippen LogP contribution in [0.5, 0.6) is 0 Å². The zero-order valence-electron chi connectivity index (χ0n) is 12.8. The van der Waals surface area contributed by atoms with Crippen LogP contribution in [0.1, 0.15) is 42.5 Å². The molecule has 1 unspecified atom stereocenters. The normalized spacial score (nSPS) is 15.3. The number of hydrogen-bond donors (Lipinski definition) is 1. The lowest BCUT2D eigenvalue weighted by molar-refractivity contribution is 0.0693. The molecular formula is C17H27NO2. The van der Waals surface area contributed by atoms with E-state index in [1.54, 1.807) is 18.2 Å². The van der Waals surface area contributed by atoms with Gasteiger partial charge in [-0.2, -0.15) is 0 Å². The van der Waals surface area contributed by atoms with Crippen molar-refractivity contribution >= 4 is 0 Å². The second kappa shape index (κ2) is 8.40. The molecule has 1 atom stereocenters. The van der Waals surface area contributed by atoms with Gasteiger partial charge in [-0.25, -0.2) is 0 Å². The number of hydrogen-bond acceptors (Lipinski definition) is 3. The lowest BCUT2D eigenvalue weighted by atomic mass is 10.0. The van der Waals surface area contributed by atoms with Gasteiger partial charge in [0.05, 0.1) is 13.2 Å². The summed E-state index contributed by atoms with van der Waals surface area (Å²) in [6, 6.07) is 7.38. The van der Waals surface area contributed by atoms with E-state index in [0.717, 1.165) is 19.6 Å². The largest absolute Gasteiger partial charge is 0.382 e. The van der Waals surface area contributed by atoms with Crippen molar-refractivity contribution < 1.29 is 9.47 Å². The number of aryl methyl sites for hydroxylation is 2. The molecule has 0 saturated heterocycles. The van der Waals surface area contributed by atoms with Crippen LogP contribution >= 0.6 is 0 Å². The molecule has 0 amide bonds. The predicted octanol–water partition coefficient (Wildman–Crippen LogP) is 2.88. The van der Waals surface area contributed by atoms with Gasteiger partial charge in [-0.15, -0.1) is 0 Å². The van der Waals surface area contributed by atoms with E-state index in [0.29, 0.717) is 19.3 Å². The first-order valence-corrected chi connectivity index (χ1v) is 7.73. The second-order valence-corrected chi connectivity index (χ2v) is 5.52. The smallest absolute Gasteiger partial charge is 0.0700 e. The summed E-state index contributed by atoms with van der Waals surface area (Å²) in [5.74, 6) is 0. The molecule has 3 nitrogen and oxygen atoms in total. The molecule has 0 aromatic heterocycles. The maximum atomic E-state index is 5.46. The highest BCUT2D eigenvalue weighted by Crippen LogP contribution is 2.25. The van der Waals surface area contributed by atoms with Crippen molar-refractivity contribution in [2.24, 2.45) is 0 Å². The van der Waals surface area contributed by atoms with E-state index in [-0.39, 0.29) is 0 Å². The van der Waals surface area contributed by atoms with E-state index in [1.165, 1.54) is 24.8 Å². The molecular weight excluding hydrogens is 250 g/mol. The zero-order chi connectivity index (χ0) is 14.2. The minimum atomic E-state index is 0.417. The zero-order valence-corrected chi connectivity index (χ0v) is 12.8. The average molecular weight is 277 g/mol. The number of nitrogens with one attached hydrogen (secondary N) is 1. The topological polar surface area (TPSA) is 30.5 Å². The van der Waals surface area contributed by atoms with Gasteiger partial charge < -0.3 is 14.8 Å². The monoisotopic (exact) mass is 277 g/mol. The van der Waals surface area contributed by atoms with Gasteiger partial charge in [0, 0.05) is 19.8 Å². The van der Waals surface area contributed by atoms with E-state index in [2.05, 4.69) is 30.4 Å². The van der Waals surface area contributed by atoms with Crippen molar-refractivity contribution in [1.29, 1.82) is 0 Å². The van der Waals surface area contributed by atoms with Crippen LogP contribution in [0, 0.1) is 0 Å². The van der Waals surface area contributed by atoms with Crippen molar-refractivity contribution in [3.8, 4) is 0 Å². The molecule has 0 radical (unpaired) electrons. The molecule has 2 rings (SSSR count). The average Bonchev–Trinajstić information content (AvgIpc) is 2.93. The molecule has 112 valence electrons. The lowest BCUT2D eigenvalue weighted by Crippen LogP contribution is -2.21. The van der Waals surface area contributed by atoms with Crippen LogP contribution < -0.4 is 5.32 Å². The molecule has 1 aliphatic rings. The van der Waals surface area contributed by atoms with Crippen molar-refractivity contribution in [1.82, 2.24) is 5.32 Å². The molecule has 1 aromatic rings. The maximum absolute atomic E-state index is 5.46. The summed E-state index contributed by atoms with van der Waals surface area (Å²) in [4.78, 5) is 0. The van der Waals surface area contributed by atoms with Crippen LogP contribution in [0.3, 0.4) is 0 Å². The maximum Gasteiger partial charge on any atom is 0.0700 e. The first-order valence-electron chi connectivity index (χ1n) is 7.73. The third-order valence-corrected chi connectivity index (χ3v) is 3.97. The van der Waals surface area contributed by atoms with E-state index in [9.17, 15) is 0 Å². The number of methoxy groups -OCH3 is 1. The molecule has 20 heavy (non-hydrogen) atoms. The van der Waals surface area contributed by atoms with Crippen molar-refractivity contribution in [3.05, 3.63) is 34.9 Å². The third kappa shape index (κ3) is 4.58. The molecule has 0 fully saturated rings. The van der Waals surface area contributed by atoms with Gasteiger partial charge in [-0.3, -0.25) is 0 Å². The summed E-state index contributed by atoms with van der Waals surface area (Å²) in [7, 11) is 1.70. The number of benzene rings is 1. The summed E-state index contributed by atoms with van der Waals surface area (Å²) in [5.41, 5.74) is 4.51. The Morgan fingerprint density at radius 3 is 2.85 bits per heavy atom. The Balaban J connectivity index is 1.66.